The van der Waals surface area contributed by atoms with Crippen LogP contribution in [-0.2, 0) is 11.1 Å². The molecule has 0 saturated carbocycles. The summed E-state index contributed by atoms with van der Waals surface area (Å²) in [5.74, 6) is 0.509. The van der Waals surface area contributed by atoms with Gasteiger partial charge in [-0.1, -0.05) is 0 Å². The van der Waals surface area contributed by atoms with Crippen molar-refractivity contribution in [1.82, 2.24) is 4.98 Å². The molecule has 0 aliphatic heterocycles. The third-order valence-electron chi connectivity index (χ3n) is 1.26. The van der Waals surface area contributed by atoms with Gasteiger partial charge in [0, 0.05) is 12.3 Å². The van der Waals surface area contributed by atoms with E-state index in [-0.39, 0.29) is 11.0 Å². The Kier molecular flexibility index (Phi) is 3.39. The Hall–Kier alpha value is -0.940. The Labute approximate surface area is 79.2 Å². The zero-order chi connectivity index (χ0) is 9.84. The highest BCUT2D eigenvalue weighted by Gasteiger charge is 2.03. The van der Waals surface area contributed by atoms with E-state index in [2.05, 4.69) is 4.98 Å². The molecule has 0 aromatic carbocycles. The lowest BCUT2D eigenvalue weighted by molar-refractivity contribution is 0.241. The molecule has 5 heteroatoms. The van der Waals surface area contributed by atoms with Crippen LogP contribution in [0.1, 0.15) is 13.8 Å². The maximum atomic E-state index is 10.7. The smallest absolute Gasteiger partial charge is 0.188 e. The molecule has 0 amide bonds. The molecule has 1 unspecified atom stereocenters. The molecule has 1 aromatic heterocycles. The van der Waals surface area contributed by atoms with Gasteiger partial charge in [0.1, 0.15) is 5.75 Å². The van der Waals surface area contributed by atoms with E-state index in [0.717, 1.165) is 0 Å². The van der Waals surface area contributed by atoms with Gasteiger partial charge in [0.15, 0.2) is 11.1 Å². The van der Waals surface area contributed by atoms with Crippen LogP contribution >= 0.6 is 0 Å². The molecule has 72 valence electrons. The quantitative estimate of drug-likeness (QED) is 0.752. The normalized spacial score (nSPS) is 12.9. The maximum absolute atomic E-state index is 10.7. The highest BCUT2D eigenvalue weighted by atomic mass is 32.2. The van der Waals surface area contributed by atoms with Crippen molar-refractivity contribution in [2.24, 2.45) is 0 Å². The van der Waals surface area contributed by atoms with E-state index in [0.29, 0.717) is 5.75 Å². The van der Waals surface area contributed by atoms with Gasteiger partial charge in [0.05, 0.1) is 17.2 Å². The summed E-state index contributed by atoms with van der Waals surface area (Å²) in [6, 6.07) is 1.50. The Balaban J connectivity index is 2.85. The molecular weight excluding hydrogens is 190 g/mol. The summed E-state index contributed by atoms with van der Waals surface area (Å²) in [6.45, 7) is 3.76. The Bertz CT molecular complexity index is 314. The molecule has 0 aliphatic rings. The average molecular weight is 201 g/mol. The molecule has 0 saturated heterocycles. The van der Waals surface area contributed by atoms with E-state index in [1.807, 2.05) is 13.8 Å². The molecule has 0 spiro atoms. The number of aromatic nitrogens is 1. The average Bonchev–Trinajstić information content (AvgIpc) is 2.03. The van der Waals surface area contributed by atoms with Gasteiger partial charge in [-0.25, -0.2) is 4.21 Å². The molecule has 1 rings (SSSR count). The second-order valence-corrected chi connectivity index (χ2v) is 3.74. The van der Waals surface area contributed by atoms with Crippen molar-refractivity contribution in [2.45, 2.75) is 24.8 Å². The molecule has 1 atom stereocenters. The predicted molar refractivity (Wildman–Crippen MR) is 49.0 cm³/mol. The van der Waals surface area contributed by atoms with Gasteiger partial charge in [-0.15, -0.1) is 0 Å². The fourth-order valence-electron chi connectivity index (χ4n) is 0.831. The van der Waals surface area contributed by atoms with Crippen LogP contribution in [0, 0.1) is 0 Å². The van der Waals surface area contributed by atoms with Crippen molar-refractivity contribution in [1.29, 1.82) is 0 Å². The summed E-state index contributed by atoms with van der Waals surface area (Å²) in [5, 5.41) is 0. The van der Waals surface area contributed by atoms with Crippen molar-refractivity contribution >= 4 is 11.1 Å². The maximum Gasteiger partial charge on any atom is 0.188 e. The lowest BCUT2D eigenvalue weighted by Crippen LogP contribution is -2.06. The molecule has 0 radical (unpaired) electrons. The summed E-state index contributed by atoms with van der Waals surface area (Å²) in [7, 11) is 0. The van der Waals surface area contributed by atoms with E-state index in [1.165, 1.54) is 18.5 Å². The summed E-state index contributed by atoms with van der Waals surface area (Å²) in [5.41, 5.74) is 0. The second-order valence-electron chi connectivity index (χ2n) is 2.77. The molecule has 13 heavy (non-hydrogen) atoms. The summed E-state index contributed by atoms with van der Waals surface area (Å²) in [4.78, 5) is 4.03. The van der Waals surface area contributed by atoms with Crippen molar-refractivity contribution in [3.05, 3.63) is 18.5 Å². The third kappa shape index (κ3) is 3.12. The van der Waals surface area contributed by atoms with Gasteiger partial charge in [0.2, 0.25) is 0 Å². The number of pyridine rings is 1. The first-order valence-corrected chi connectivity index (χ1v) is 4.93. The fraction of sp³-hybridized carbons (Fsp3) is 0.375. The molecule has 0 aliphatic carbocycles. The molecule has 1 N–H and O–H groups in total. The monoisotopic (exact) mass is 201 g/mol. The minimum absolute atomic E-state index is 0.0316. The number of hydrogen-bond acceptors (Lipinski definition) is 3. The SMILES string of the molecule is CC(C)Oc1cncc(S(=O)O)c1. The van der Waals surface area contributed by atoms with Crippen LogP contribution in [0.2, 0.25) is 0 Å². The van der Waals surface area contributed by atoms with E-state index >= 15 is 0 Å². The van der Waals surface area contributed by atoms with Crippen molar-refractivity contribution in [2.75, 3.05) is 0 Å². The Morgan fingerprint density at radius 2 is 2.23 bits per heavy atom. The lowest BCUT2D eigenvalue weighted by Gasteiger charge is -2.08. The first kappa shape index (κ1) is 10.1. The zero-order valence-corrected chi connectivity index (χ0v) is 8.25. The number of ether oxygens (including phenoxy) is 1. The van der Waals surface area contributed by atoms with Gasteiger partial charge in [-0.2, -0.15) is 0 Å². The highest BCUT2D eigenvalue weighted by molar-refractivity contribution is 7.79. The largest absolute Gasteiger partial charge is 0.489 e. The first-order valence-electron chi connectivity index (χ1n) is 3.82. The Morgan fingerprint density at radius 1 is 1.54 bits per heavy atom. The summed E-state index contributed by atoms with van der Waals surface area (Å²) >= 11 is -2.00. The topological polar surface area (TPSA) is 59.4 Å². The number of rotatable bonds is 3. The lowest BCUT2D eigenvalue weighted by atomic mass is 10.4. The first-order chi connectivity index (χ1) is 6.09. The van der Waals surface area contributed by atoms with Crippen molar-refractivity contribution in [3.8, 4) is 5.75 Å². The van der Waals surface area contributed by atoms with E-state index in [4.69, 9.17) is 9.29 Å². The third-order valence-corrected chi connectivity index (χ3v) is 1.89. The van der Waals surface area contributed by atoms with Gasteiger partial charge >= 0.3 is 0 Å². The van der Waals surface area contributed by atoms with Crippen LogP contribution in [0.3, 0.4) is 0 Å². The molecule has 0 bridgehead atoms. The van der Waals surface area contributed by atoms with Crippen LogP contribution in [0.15, 0.2) is 23.4 Å². The number of nitrogens with zero attached hydrogens (tertiary/aromatic N) is 1. The van der Waals surface area contributed by atoms with Crippen LogP contribution in [-0.4, -0.2) is 19.8 Å². The van der Waals surface area contributed by atoms with Gasteiger partial charge < -0.3 is 9.29 Å². The van der Waals surface area contributed by atoms with Crippen LogP contribution in [0.25, 0.3) is 0 Å². The van der Waals surface area contributed by atoms with Crippen LogP contribution in [0.4, 0.5) is 0 Å². The van der Waals surface area contributed by atoms with Crippen molar-refractivity contribution < 1.29 is 13.5 Å². The zero-order valence-electron chi connectivity index (χ0n) is 7.43. The molecule has 4 nitrogen and oxygen atoms in total. The standard InChI is InChI=1S/C8H11NO3S/c1-6(2)12-7-3-8(13(10)11)5-9-4-7/h3-6H,1-2H3,(H,10,11). The fourth-order valence-corrected chi connectivity index (χ4v) is 1.20. The predicted octanol–water partition coefficient (Wildman–Crippen LogP) is 1.45. The van der Waals surface area contributed by atoms with Crippen LogP contribution in [0.5, 0.6) is 5.75 Å². The van der Waals surface area contributed by atoms with E-state index < -0.39 is 11.1 Å². The van der Waals surface area contributed by atoms with Gasteiger partial charge in [-0.3, -0.25) is 4.98 Å². The molecule has 1 heterocycles. The van der Waals surface area contributed by atoms with E-state index in [9.17, 15) is 4.21 Å². The van der Waals surface area contributed by atoms with E-state index in [1.54, 1.807) is 0 Å². The summed E-state index contributed by atoms with van der Waals surface area (Å²) in [6.07, 6.45) is 2.88. The second kappa shape index (κ2) is 4.34. The van der Waals surface area contributed by atoms with Gasteiger partial charge in [0.25, 0.3) is 0 Å². The van der Waals surface area contributed by atoms with Crippen LogP contribution < -0.4 is 4.74 Å². The Morgan fingerprint density at radius 3 is 2.77 bits per heavy atom. The van der Waals surface area contributed by atoms with Crippen molar-refractivity contribution in [3.63, 3.8) is 0 Å². The highest BCUT2D eigenvalue weighted by Crippen LogP contribution is 2.14. The molecule has 1 aromatic rings. The molecule has 0 fully saturated rings. The summed E-state index contributed by atoms with van der Waals surface area (Å²) < 4.78 is 24.7. The minimum Gasteiger partial charge on any atom is -0.489 e. The minimum atomic E-state index is -2.00. The number of hydrogen-bond donors (Lipinski definition) is 1. The van der Waals surface area contributed by atoms with Gasteiger partial charge in [-0.05, 0) is 13.8 Å². The molecular formula is C8H11NO3S.